The van der Waals surface area contributed by atoms with E-state index >= 15 is 0 Å². The van der Waals surface area contributed by atoms with Gasteiger partial charge >= 0.3 is 0 Å². The lowest BCUT2D eigenvalue weighted by molar-refractivity contribution is 0.176. The van der Waals surface area contributed by atoms with Gasteiger partial charge in [-0.25, -0.2) is 0 Å². The zero-order chi connectivity index (χ0) is 17.9. The minimum Gasteiger partial charge on any atom is -0.388 e. The molecule has 1 aliphatic heterocycles. The van der Waals surface area contributed by atoms with Crippen LogP contribution in [0.15, 0.2) is 59.2 Å². The fourth-order valence-electron chi connectivity index (χ4n) is 4.53. The normalized spacial score (nSPS) is 23.9. The molecule has 1 aromatic carbocycles. The van der Waals surface area contributed by atoms with Gasteiger partial charge < -0.3 is 5.32 Å². The molecule has 134 valence electrons. The Bertz CT molecular complexity index is 738. The number of piperidine rings is 1. The maximum atomic E-state index is 6.11. The molecule has 0 spiro atoms. The Balaban J connectivity index is 1.25. The maximum Gasteiger partial charge on any atom is 0.113 e. The van der Waals surface area contributed by atoms with Gasteiger partial charge in [0.2, 0.25) is 0 Å². The van der Waals surface area contributed by atoms with Crippen LogP contribution in [0, 0.1) is 18.8 Å². The average Bonchev–Trinajstić information content (AvgIpc) is 3.05. The summed E-state index contributed by atoms with van der Waals surface area (Å²) in [5, 5.41) is 3.76. The van der Waals surface area contributed by atoms with E-state index in [4.69, 9.17) is 7.85 Å². The van der Waals surface area contributed by atoms with Crippen molar-refractivity contribution in [1.29, 1.82) is 0 Å². The number of likely N-dealkylation sites (tertiary alicyclic amines) is 1. The molecule has 26 heavy (non-hydrogen) atoms. The molecule has 2 radical (unpaired) electrons. The zero-order valence-corrected chi connectivity index (χ0v) is 15.9. The second-order valence-electron chi connectivity index (χ2n) is 8.04. The van der Waals surface area contributed by atoms with Crippen LogP contribution in [0.2, 0.25) is 0 Å². The van der Waals surface area contributed by atoms with Gasteiger partial charge in [-0.05, 0) is 62.7 Å². The van der Waals surface area contributed by atoms with Gasteiger partial charge in [-0.3, -0.25) is 4.90 Å². The summed E-state index contributed by atoms with van der Waals surface area (Å²) >= 11 is 0. The monoisotopic (exact) mass is 344 g/mol. The summed E-state index contributed by atoms with van der Waals surface area (Å²) in [5.74, 6) is 1.20. The molecule has 0 aromatic heterocycles. The molecule has 1 N–H and O–H groups in total. The van der Waals surface area contributed by atoms with E-state index in [0.717, 1.165) is 37.3 Å². The molecule has 3 heteroatoms. The number of nitrogens with zero attached hydrogens (tertiary/aromatic N) is 1. The van der Waals surface area contributed by atoms with Gasteiger partial charge in [0.15, 0.2) is 0 Å². The first-order valence-corrected chi connectivity index (χ1v) is 10.1. The van der Waals surface area contributed by atoms with Crippen molar-refractivity contribution in [2.45, 2.75) is 39.2 Å². The number of hydrogen-bond donors (Lipinski definition) is 1. The van der Waals surface area contributed by atoms with Crippen LogP contribution in [0.25, 0.3) is 0 Å². The topological polar surface area (TPSA) is 15.3 Å². The fourth-order valence-corrected chi connectivity index (χ4v) is 4.53. The molecule has 1 unspecified atom stereocenters. The summed E-state index contributed by atoms with van der Waals surface area (Å²) < 4.78 is 0. The van der Waals surface area contributed by atoms with E-state index < -0.39 is 0 Å². The van der Waals surface area contributed by atoms with Gasteiger partial charge in [-0.1, -0.05) is 53.5 Å². The van der Waals surface area contributed by atoms with E-state index in [1.807, 2.05) is 0 Å². The third-order valence-electron chi connectivity index (χ3n) is 6.28. The SMILES string of the molecule is [B]C1=C2CCC=C(NCC3CCN(Cc4ccccc4C)CC3)C2C=C1. The second kappa shape index (κ2) is 7.88. The number of benzene rings is 1. The summed E-state index contributed by atoms with van der Waals surface area (Å²) in [7, 11) is 6.11. The Hall–Kier alpha value is -1.74. The lowest BCUT2D eigenvalue weighted by Crippen LogP contribution is -2.37. The third kappa shape index (κ3) is 3.83. The number of aryl methyl sites for hydroxylation is 1. The van der Waals surface area contributed by atoms with Gasteiger partial charge in [0.25, 0.3) is 0 Å². The van der Waals surface area contributed by atoms with Crippen molar-refractivity contribution in [3.63, 3.8) is 0 Å². The Kier molecular flexibility index (Phi) is 5.35. The molecule has 0 amide bonds. The van der Waals surface area contributed by atoms with Crippen LogP contribution in [-0.4, -0.2) is 32.4 Å². The number of allylic oxidation sites excluding steroid dienone is 4. The molecule has 0 bridgehead atoms. The molecule has 1 fully saturated rings. The number of fused-ring (bicyclic) bond motifs is 1. The highest BCUT2D eigenvalue weighted by atomic mass is 15.1. The maximum absolute atomic E-state index is 6.11. The highest BCUT2D eigenvalue weighted by molar-refractivity contribution is 6.24. The predicted molar refractivity (Wildman–Crippen MR) is 110 cm³/mol. The standard InChI is InChI=1S/C23H29BN2/c1-17-5-2-3-6-19(17)16-26-13-11-18(12-14-26)15-25-23-8-4-7-20-21(23)9-10-22(20)24/h2-3,5-6,8-10,18,21,25H,4,7,11-16H2,1H3. The molecule has 0 saturated carbocycles. The van der Waals surface area contributed by atoms with Crippen molar-refractivity contribution in [1.82, 2.24) is 10.2 Å². The van der Waals surface area contributed by atoms with Crippen LogP contribution >= 0.6 is 0 Å². The molecule has 1 heterocycles. The van der Waals surface area contributed by atoms with Gasteiger partial charge in [-0.2, -0.15) is 0 Å². The Morgan fingerprint density at radius 2 is 2.00 bits per heavy atom. The number of rotatable bonds is 5. The fraction of sp³-hybridized carbons (Fsp3) is 0.478. The highest BCUT2D eigenvalue weighted by Gasteiger charge is 2.26. The van der Waals surface area contributed by atoms with Crippen molar-refractivity contribution < 1.29 is 0 Å². The molecule has 4 rings (SSSR count). The summed E-state index contributed by atoms with van der Waals surface area (Å²) in [5.41, 5.74) is 6.68. The Morgan fingerprint density at radius 3 is 2.81 bits per heavy atom. The summed E-state index contributed by atoms with van der Waals surface area (Å²) in [4.78, 5) is 2.61. The minimum atomic E-state index is 0.421. The van der Waals surface area contributed by atoms with Crippen LogP contribution in [0.1, 0.15) is 36.8 Å². The van der Waals surface area contributed by atoms with Gasteiger partial charge in [0, 0.05) is 24.7 Å². The summed E-state index contributed by atoms with van der Waals surface area (Å²) in [6, 6.07) is 8.77. The van der Waals surface area contributed by atoms with Crippen molar-refractivity contribution in [3.8, 4) is 0 Å². The zero-order valence-electron chi connectivity index (χ0n) is 15.9. The van der Waals surface area contributed by atoms with Gasteiger partial charge in [0.1, 0.15) is 7.85 Å². The molecule has 1 atom stereocenters. The van der Waals surface area contributed by atoms with Crippen molar-refractivity contribution in [3.05, 3.63) is 70.4 Å². The van der Waals surface area contributed by atoms with E-state index in [0.29, 0.717) is 5.92 Å². The molecule has 2 nitrogen and oxygen atoms in total. The van der Waals surface area contributed by atoms with E-state index in [-0.39, 0.29) is 0 Å². The van der Waals surface area contributed by atoms with Crippen molar-refractivity contribution >= 4 is 7.85 Å². The first-order valence-electron chi connectivity index (χ1n) is 10.1. The van der Waals surface area contributed by atoms with Gasteiger partial charge in [0.05, 0.1) is 0 Å². The van der Waals surface area contributed by atoms with E-state index in [1.54, 1.807) is 0 Å². The van der Waals surface area contributed by atoms with Gasteiger partial charge in [-0.15, -0.1) is 0 Å². The van der Waals surface area contributed by atoms with Crippen molar-refractivity contribution in [2.75, 3.05) is 19.6 Å². The quantitative estimate of drug-likeness (QED) is 0.810. The summed E-state index contributed by atoms with van der Waals surface area (Å²) in [6.07, 6.45) is 11.5. The summed E-state index contributed by atoms with van der Waals surface area (Å²) in [6.45, 7) is 6.83. The van der Waals surface area contributed by atoms with Crippen LogP contribution in [0.3, 0.4) is 0 Å². The molecular weight excluding hydrogens is 315 g/mol. The van der Waals surface area contributed by atoms with E-state index in [1.165, 1.54) is 48.3 Å². The first-order chi connectivity index (χ1) is 12.7. The largest absolute Gasteiger partial charge is 0.388 e. The highest BCUT2D eigenvalue weighted by Crippen LogP contribution is 2.36. The molecular formula is C23H29BN2. The Labute approximate surface area is 159 Å². The predicted octanol–water partition coefficient (Wildman–Crippen LogP) is 4.08. The second-order valence-corrected chi connectivity index (χ2v) is 8.04. The van der Waals surface area contributed by atoms with Crippen LogP contribution < -0.4 is 5.32 Å². The smallest absolute Gasteiger partial charge is 0.113 e. The lowest BCUT2D eigenvalue weighted by Gasteiger charge is -2.33. The third-order valence-corrected chi connectivity index (χ3v) is 6.28. The molecule has 1 saturated heterocycles. The molecule has 1 aromatic rings. The number of hydrogen-bond acceptors (Lipinski definition) is 2. The van der Waals surface area contributed by atoms with E-state index in [2.05, 4.69) is 59.6 Å². The van der Waals surface area contributed by atoms with Crippen LogP contribution in [0.4, 0.5) is 0 Å². The first kappa shape index (κ1) is 17.7. The minimum absolute atomic E-state index is 0.421. The van der Waals surface area contributed by atoms with Crippen molar-refractivity contribution in [2.24, 2.45) is 11.8 Å². The average molecular weight is 344 g/mol. The molecule has 3 aliphatic rings. The van der Waals surface area contributed by atoms with Crippen LogP contribution in [0.5, 0.6) is 0 Å². The number of nitrogens with one attached hydrogen (secondary N) is 1. The lowest BCUT2D eigenvalue weighted by atomic mass is 9.82. The molecule has 2 aliphatic carbocycles. The van der Waals surface area contributed by atoms with Crippen LogP contribution in [-0.2, 0) is 6.54 Å². The van der Waals surface area contributed by atoms with E-state index in [9.17, 15) is 0 Å². The Morgan fingerprint density at radius 1 is 1.19 bits per heavy atom.